The van der Waals surface area contributed by atoms with Crippen molar-refractivity contribution in [3.05, 3.63) is 18.0 Å². The fourth-order valence-electron chi connectivity index (χ4n) is 3.38. The summed E-state index contributed by atoms with van der Waals surface area (Å²) in [6.45, 7) is 6.61. The van der Waals surface area contributed by atoms with Gasteiger partial charge in [-0.1, -0.05) is 0 Å². The quantitative estimate of drug-likeness (QED) is 0.902. The van der Waals surface area contributed by atoms with E-state index in [1.54, 1.807) is 6.20 Å². The molecular formula is C16H24F2N4O. The smallest absolute Gasteiger partial charge is 0.249 e. The zero-order valence-electron chi connectivity index (χ0n) is 13.6. The van der Waals surface area contributed by atoms with Crippen molar-refractivity contribution in [1.29, 1.82) is 0 Å². The molecule has 2 heterocycles. The molecule has 7 heteroatoms. The molecule has 0 radical (unpaired) electrons. The van der Waals surface area contributed by atoms with E-state index >= 15 is 0 Å². The molecule has 0 unspecified atom stereocenters. The highest BCUT2D eigenvalue weighted by Crippen LogP contribution is 2.42. The van der Waals surface area contributed by atoms with E-state index in [0.717, 1.165) is 19.5 Å². The number of carbonyl (C=O) groups excluding carboxylic acids is 1. The molecule has 1 aliphatic heterocycles. The van der Waals surface area contributed by atoms with Crippen molar-refractivity contribution in [2.24, 2.45) is 5.92 Å². The SMILES string of the molecule is CC(C)N1Cc2ccnn2[C@@H](CCNC(=O)C2CC(F)(F)C2)C1. The van der Waals surface area contributed by atoms with Gasteiger partial charge in [0, 0.05) is 50.6 Å². The van der Waals surface area contributed by atoms with Crippen LogP contribution >= 0.6 is 0 Å². The van der Waals surface area contributed by atoms with Gasteiger partial charge >= 0.3 is 0 Å². The zero-order valence-corrected chi connectivity index (χ0v) is 13.6. The van der Waals surface area contributed by atoms with Crippen LogP contribution in [0.2, 0.25) is 0 Å². The summed E-state index contributed by atoms with van der Waals surface area (Å²) in [5, 5.41) is 7.19. The third-order valence-electron chi connectivity index (χ3n) is 4.88. The summed E-state index contributed by atoms with van der Waals surface area (Å²) in [6, 6.07) is 2.68. The van der Waals surface area contributed by atoms with Crippen molar-refractivity contribution in [2.45, 2.75) is 57.7 Å². The normalized spacial score (nSPS) is 24.3. The summed E-state index contributed by atoms with van der Waals surface area (Å²) >= 11 is 0. The summed E-state index contributed by atoms with van der Waals surface area (Å²) in [5.74, 6) is -3.41. The van der Waals surface area contributed by atoms with Gasteiger partial charge in [-0.25, -0.2) is 8.78 Å². The zero-order chi connectivity index (χ0) is 16.6. The van der Waals surface area contributed by atoms with Crippen molar-refractivity contribution in [3.8, 4) is 0 Å². The van der Waals surface area contributed by atoms with E-state index in [9.17, 15) is 13.6 Å². The average Bonchev–Trinajstić information content (AvgIpc) is 2.92. The minimum atomic E-state index is -2.65. The minimum absolute atomic E-state index is 0.208. The van der Waals surface area contributed by atoms with Gasteiger partial charge in [0.1, 0.15) is 0 Å². The van der Waals surface area contributed by atoms with E-state index in [1.807, 2.05) is 10.7 Å². The van der Waals surface area contributed by atoms with Crippen LogP contribution in [0.15, 0.2) is 12.3 Å². The topological polar surface area (TPSA) is 50.2 Å². The molecule has 1 aromatic rings. The second kappa shape index (κ2) is 6.19. The van der Waals surface area contributed by atoms with Gasteiger partial charge in [0.15, 0.2) is 0 Å². The second-order valence-electron chi connectivity index (χ2n) is 6.98. The van der Waals surface area contributed by atoms with E-state index < -0.39 is 11.8 Å². The number of rotatable bonds is 5. The predicted octanol–water partition coefficient (Wildman–Crippen LogP) is 2.20. The van der Waals surface area contributed by atoms with Crippen LogP contribution < -0.4 is 5.32 Å². The number of amides is 1. The lowest BCUT2D eigenvalue weighted by atomic mass is 9.81. The Morgan fingerprint density at radius 1 is 1.48 bits per heavy atom. The van der Waals surface area contributed by atoms with Crippen LogP contribution in [0.3, 0.4) is 0 Å². The summed E-state index contributed by atoms with van der Waals surface area (Å²) in [4.78, 5) is 14.2. The summed E-state index contributed by atoms with van der Waals surface area (Å²) in [5.41, 5.74) is 1.18. The molecule has 1 fully saturated rings. The van der Waals surface area contributed by atoms with Crippen molar-refractivity contribution in [3.63, 3.8) is 0 Å². The largest absolute Gasteiger partial charge is 0.356 e. The van der Waals surface area contributed by atoms with Crippen LogP contribution in [0.4, 0.5) is 8.78 Å². The molecule has 1 amide bonds. The molecule has 1 aromatic heterocycles. The molecule has 128 valence electrons. The van der Waals surface area contributed by atoms with E-state index in [1.165, 1.54) is 5.69 Å². The standard InChI is InChI=1S/C16H24F2N4O/c1-11(2)21-9-13(22-14(10-21)4-6-20-22)3-5-19-15(23)12-7-16(17,18)8-12/h4,6,11-13H,3,5,7-10H2,1-2H3,(H,19,23)/t13-/m0/s1. The Balaban J connectivity index is 1.51. The van der Waals surface area contributed by atoms with Gasteiger partial charge in [-0.3, -0.25) is 14.4 Å². The molecule has 0 saturated heterocycles. The maximum Gasteiger partial charge on any atom is 0.249 e. The minimum Gasteiger partial charge on any atom is -0.356 e. The number of nitrogens with one attached hydrogen (secondary N) is 1. The Hall–Kier alpha value is -1.50. The fourth-order valence-corrected chi connectivity index (χ4v) is 3.38. The molecule has 0 spiro atoms. The van der Waals surface area contributed by atoms with Gasteiger partial charge in [-0.05, 0) is 26.3 Å². The molecule has 1 saturated carbocycles. The Labute approximate surface area is 135 Å². The second-order valence-corrected chi connectivity index (χ2v) is 6.98. The molecule has 5 nitrogen and oxygen atoms in total. The van der Waals surface area contributed by atoms with Crippen molar-refractivity contribution in [1.82, 2.24) is 20.0 Å². The summed E-state index contributed by atoms with van der Waals surface area (Å²) in [6.07, 6.45) is 1.94. The first-order chi connectivity index (χ1) is 10.9. The third-order valence-corrected chi connectivity index (χ3v) is 4.88. The average molecular weight is 326 g/mol. The molecule has 3 rings (SSSR count). The maximum atomic E-state index is 12.8. The molecule has 0 aromatic carbocycles. The van der Waals surface area contributed by atoms with Crippen LogP contribution in [0.1, 0.15) is 44.8 Å². The number of nitrogens with zero attached hydrogens (tertiary/aromatic N) is 3. The van der Waals surface area contributed by atoms with Crippen LogP contribution in [0, 0.1) is 5.92 Å². The van der Waals surface area contributed by atoms with Gasteiger partial charge in [0.2, 0.25) is 11.8 Å². The predicted molar refractivity (Wildman–Crippen MR) is 82.1 cm³/mol. The number of carbonyl (C=O) groups is 1. The molecule has 0 bridgehead atoms. The monoisotopic (exact) mass is 326 g/mol. The van der Waals surface area contributed by atoms with Gasteiger partial charge in [-0.15, -0.1) is 0 Å². The number of alkyl halides is 2. The third kappa shape index (κ3) is 3.54. The fraction of sp³-hybridized carbons (Fsp3) is 0.750. The summed E-state index contributed by atoms with van der Waals surface area (Å²) in [7, 11) is 0. The van der Waals surface area contributed by atoms with Gasteiger partial charge in [0.25, 0.3) is 0 Å². The molecule has 1 N–H and O–H groups in total. The number of fused-ring (bicyclic) bond motifs is 1. The van der Waals surface area contributed by atoms with Crippen molar-refractivity contribution < 1.29 is 13.6 Å². The highest BCUT2D eigenvalue weighted by atomic mass is 19.3. The van der Waals surface area contributed by atoms with Crippen molar-refractivity contribution >= 4 is 5.91 Å². The summed E-state index contributed by atoms with van der Waals surface area (Å²) < 4.78 is 27.7. The number of hydrogen-bond acceptors (Lipinski definition) is 3. The first-order valence-electron chi connectivity index (χ1n) is 8.28. The Morgan fingerprint density at radius 3 is 2.87 bits per heavy atom. The van der Waals surface area contributed by atoms with Gasteiger partial charge < -0.3 is 5.32 Å². The van der Waals surface area contributed by atoms with Gasteiger partial charge in [-0.2, -0.15) is 5.10 Å². The van der Waals surface area contributed by atoms with E-state index in [-0.39, 0.29) is 24.8 Å². The number of halogens is 2. The van der Waals surface area contributed by atoms with E-state index in [0.29, 0.717) is 12.6 Å². The highest BCUT2D eigenvalue weighted by molar-refractivity contribution is 5.79. The maximum absolute atomic E-state index is 12.8. The lowest BCUT2D eigenvalue weighted by molar-refractivity contribution is -0.150. The van der Waals surface area contributed by atoms with E-state index in [4.69, 9.17) is 0 Å². The lowest BCUT2D eigenvalue weighted by Gasteiger charge is -2.36. The Morgan fingerprint density at radius 2 is 2.22 bits per heavy atom. The molecule has 23 heavy (non-hydrogen) atoms. The number of aromatic nitrogens is 2. The molecule has 1 aliphatic carbocycles. The van der Waals surface area contributed by atoms with Gasteiger partial charge in [0.05, 0.1) is 11.7 Å². The molecule has 1 atom stereocenters. The van der Waals surface area contributed by atoms with Crippen LogP contribution in [-0.2, 0) is 11.3 Å². The van der Waals surface area contributed by atoms with Crippen LogP contribution in [0.25, 0.3) is 0 Å². The number of hydrogen-bond donors (Lipinski definition) is 1. The lowest BCUT2D eigenvalue weighted by Crippen LogP contribution is -2.46. The van der Waals surface area contributed by atoms with Crippen molar-refractivity contribution in [2.75, 3.05) is 13.1 Å². The first kappa shape index (κ1) is 16.4. The molecular weight excluding hydrogens is 302 g/mol. The van der Waals surface area contributed by atoms with Crippen LogP contribution in [-0.4, -0.2) is 45.6 Å². The Kier molecular flexibility index (Phi) is 4.40. The van der Waals surface area contributed by atoms with Crippen LogP contribution in [0.5, 0.6) is 0 Å². The first-order valence-corrected chi connectivity index (χ1v) is 8.28. The Bertz CT molecular complexity index is 564. The van der Waals surface area contributed by atoms with E-state index in [2.05, 4.69) is 29.2 Å². The molecule has 2 aliphatic rings. The highest BCUT2D eigenvalue weighted by Gasteiger charge is 2.48.